The molecule has 0 aliphatic rings. The number of carbonyl (C=O) groups is 1. The molecule has 34 heavy (non-hydrogen) atoms. The van der Waals surface area contributed by atoms with Crippen molar-refractivity contribution in [2.75, 3.05) is 20.8 Å². The molecule has 1 heterocycles. The zero-order chi connectivity index (χ0) is 23.9. The Bertz CT molecular complexity index is 1280. The standard InChI is InChI=1S/C27H27N3O4/c1-4-34-25-11-6-5-10-21(25)27(31)29-16-18-8-7-9-19(14-18)26-28-17-23(30-26)22-15-20(32-2)12-13-24(22)33-3/h5-15,17H,4,16H2,1-3H3,(H,28,30)(H,29,31). The number of methoxy groups -OCH3 is 2. The zero-order valence-electron chi connectivity index (χ0n) is 19.4. The summed E-state index contributed by atoms with van der Waals surface area (Å²) in [5.41, 5.74) is 4.06. The van der Waals surface area contributed by atoms with E-state index in [2.05, 4.69) is 15.3 Å². The highest BCUT2D eigenvalue weighted by molar-refractivity contribution is 5.96. The lowest BCUT2D eigenvalue weighted by molar-refractivity contribution is 0.0947. The SMILES string of the molecule is CCOc1ccccc1C(=O)NCc1cccc(-c2ncc(-c3cc(OC)ccc3OC)[nH]2)c1. The molecule has 0 saturated carbocycles. The number of H-pyrrole nitrogens is 1. The summed E-state index contributed by atoms with van der Waals surface area (Å²) in [6, 6.07) is 20.7. The van der Waals surface area contributed by atoms with Gasteiger partial charge in [0.15, 0.2) is 0 Å². The third-order valence-electron chi connectivity index (χ3n) is 5.36. The molecular formula is C27H27N3O4. The highest BCUT2D eigenvalue weighted by Gasteiger charge is 2.14. The predicted molar refractivity (Wildman–Crippen MR) is 131 cm³/mol. The first-order valence-corrected chi connectivity index (χ1v) is 11.0. The molecule has 0 atom stereocenters. The van der Waals surface area contributed by atoms with Gasteiger partial charge in [0.05, 0.1) is 38.3 Å². The summed E-state index contributed by atoms with van der Waals surface area (Å²) >= 11 is 0. The van der Waals surface area contributed by atoms with Gasteiger partial charge in [0.2, 0.25) is 0 Å². The minimum Gasteiger partial charge on any atom is -0.497 e. The quantitative estimate of drug-likeness (QED) is 0.366. The largest absolute Gasteiger partial charge is 0.497 e. The summed E-state index contributed by atoms with van der Waals surface area (Å²) in [6.45, 7) is 2.77. The number of rotatable bonds is 9. The summed E-state index contributed by atoms with van der Waals surface area (Å²) < 4.78 is 16.4. The van der Waals surface area contributed by atoms with E-state index in [1.807, 2.05) is 61.5 Å². The summed E-state index contributed by atoms with van der Waals surface area (Å²) in [4.78, 5) is 20.6. The molecule has 0 radical (unpaired) electrons. The van der Waals surface area contributed by atoms with Crippen LogP contribution in [0.15, 0.2) is 72.9 Å². The number of carbonyl (C=O) groups excluding carboxylic acids is 1. The number of hydrogen-bond donors (Lipinski definition) is 2. The van der Waals surface area contributed by atoms with E-state index in [4.69, 9.17) is 14.2 Å². The smallest absolute Gasteiger partial charge is 0.255 e. The predicted octanol–water partition coefficient (Wildman–Crippen LogP) is 5.09. The maximum Gasteiger partial charge on any atom is 0.255 e. The molecule has 1 amide bonds. The van der Waals surface area contributed by atoms with E-state index < -0.39 is 0 Å². The number of benzene rings is 3. The van der Waals surface area contributed by atoms with E-state index in [1.165, 1.54) is 0 Å². The lowest BCUT2D eigenvalue weighted by Gasteiger charge is -2.11. The molecule has 0 saturated heterocycles. The number of aromatic nitrogens is 2. The summed E-state index contributed by atoms with van der Waals surface area (Å²) in [7, 11) is 3.26. The van der Waals surface area contributed by atoms with Crippen molar-refractivity contribution in [3.05, 3.63) is 84.1 Å². The lowest BCUT2D eigenvalue weighted by atomic mass is 10.1. The first-order valence-electron chi connectivity index (χ1n) is 11.0. The van der Waals surface area contributed by atoms with Crippen molar-refractivity contribution in [3.8, 4) is 39.9 Å². The number of imidazole rings is 1. The van der Waals surface area contributed by atoms with E-state index in [9.17, 15) is 4.79 Å². The van der Waals surface area contributed by atoms with Gasteiger partial charge in [-0.25, -0.2) is 4.98 Å². The number of nitrogens with zero attached hydrogens (tertiary/aromatic N) is 1. The third-order valence-corrected chi connectivity index (χ3v) is 5.36. The van der Waals surface area contributed by atoms with Gasteiger partial charge in [-0.05, 0) is 48.9 Å². The number of nitrogens with one attached hydrogen (secondary N) is 2. The molecule has 0 spiro atoms. The fourth-order valence-electron chi connectivity index (χ4n) is 3.67. The van der Waals surface area contributed by atoms with Gasteiger partial charge in [-0.2, -0.15) is 0 Å². The molecular weight excluding hydrogens is 430 g/mol. The average molecular weight is 458 g/mol. The van der Waals surface area contributed by atoms with E-state index in [-0.39, 0.29) is 5.91 Å². The molecule has 0 unspecified atom stereocenters. The molecule has 4 rings (SSSR count). The van der Waals surface area contributed by atoms with Crippen LogP contribution in [-0.2, 0) is 6.54 Å². The summed E-state index contributed by atoms with van der Waals surface area (Å²) in [5, 5.41) is 2.97. The Balaban J connectivity index is 1.51. The topological polar surface area (TPSA) is 85.5 Å². The normalized spacial score (nSPS) is 10.6. The van der Waals surface area contributed by atoms with Crippen LogP contribution < -0.4 is 19.5 Å². The van der Waals surface area contributed by atoms with Crippen molar-refractivity contribution in [2.45, 2.75) is 13.5 Å². The van der Waals surface area contributed by atoms with Gasteiger partial charge < -0.3 is 24.5 Å². The molecule has 2 N–H and O–H groups in total. The fourth-order valence-corrected chi connectivity index (χ4v) is 3.67. The van der Waals surface area contributed by atoms with Crippen LogP contribution in [-0.4, -0.2) is 36.7 Å². The number of amides is 1. The van der Waals surface area contributed by atoms with E-state index >= 15 is 0 Å². The number of hydrogen-bond acceptors (Lipinski definition) is 5. The Morgan fingerprint density at radius 2 is 1.82 bits per heavy atom. The Morgan fingerprint density at radius 1 is 0.971 bits per heavy atom. The Hall–Kier alpha value is -4.26. The Kier molecular flexibility index (Phi) is 7.13. The summed E-state index contributed by atoms with van der Waals surface area (Å²) in [6.07, 6.45) is 1.77. The van der Waals surface area contributed by atoms with Crippen LogP contribution in [0.2, 0.25) is 0 Å². The lowest BCUT2D eigenvalue weighted by Crippen LogP contribution is -2.23. The second-order valence-electron chi connectivity index (χ2n) is 7.52. The van der Waals surface area contributed by atoms with Crippen LogP contribution in [0, 0.1) is 0 Å². The zero-order valence-corrected chi connectivity index (χ0v) is 19.4. The van der Waals surface area contributed by atoms with Crippen LogP contribution in [0.25, 0.3) is 22.6 Å². The first-order chi connectivity index (χ1) is 16.6. The van der Waals surface area contributed by atoms with Gasteiger partial charge in [0, 0.05) is 17.7 Å². The van der Waals surface area contributed by atoms with Gasteiger partial charge in [-0.3, -0.25) is 4.79 Å². The van der Waals surface area contributed by atoms with Crippen molar-refractivity contribution in [2.24, 2.45) is 0 Å². The molecule has 0 fully saturated rings. The van der Waals surface area contributed by atoms with Crippen LogP contribution in [0.5, 0.6) is 17.2 Å². The number of ether oxygens (including phenoxy) is 3. The van der Waals surface area contributed by atoms with Gasteiger partial charge in [-0.1, -0.05) is 30.3 Å². The van der Waals surface area contributed by atoms with Gasteiger partial charge in [0.1, 0.15) is 23.1 Å². The molecule has 0 aliphatic heterocycles. The third kappa shape index (κ3) is 5.04. The maximum atomic E-state index is 12.7. The second kappa shape index (κ2) is 10.6. The molecule has 174 valence electrons. The molecule has 1 aromatic heterocycles. The first kappa shape index (κ1) is 22.9. The molecule has 4 aromatic rings. The van der Waals surface area contributed by atoms with Crippen molar-refractivity contribution >= 4 is 5.91 Å². The highest BCUT2D eigenvalue weighted by Crippen LogP contribution is 2.33. The van der Waals surface area contributed by atoms with E-state index in [0.717, 1.165) is 39.7 Å². The van der Waals surface area contributed by atoms with Crippen LogP contribution in [0.4, 0.5) is 0 Å². The molecule has 7 heteroatoms. The van der Waals surface area contributed by atoms with Crippen LogP contribution in [0.3, 0.4) is 0 Å². The van der Waals surface area contributed by atoms with Crippen molar-refractivity contribution in [3.63, 3.8) is 0 Å². The minimum atomic E-state index is -0.181. The molecule has 0 bridgehead atoms. The van der Waals surface area contributed by atoms with E-state index in [1.54, 1.807) is 32.5 Å². The minimum absolute atomic E-state index is 0.181. The molecule has 0 aliphatic carbocycles. The second-order valence-corrected chi connectivity index (χ2v) is 7.52. The molecule has 3 aromatic carbocycles. The van der Waals surface area contributed by atoms with Crippen LogP contribution >= 0.6 is 0 Å². The Labute approximate surface area is 198 Å². The fraction of sp³-hybridized carbons (Fsp3) is 0.185. The summed E-state index contributed by atoms with van der Waals surface area (Å²) in [5.74, 6) is 2.57. The van der Waals surface area contributed by atoms with E-state index in [0.29, 0.717) is 24.5 Å². The Morgan fingerprint density at radius 3 is 2.62 bits per heavy atom. The van der Waals surface area contributed by atoms with Gasteiger partial charge >= 0.3 is 0 Å². The molecule has 7 nitrogen and oxygen atoms in total. The van der Waals surface area contributed by atoms with Crippen LogP contribution in [0.1, 0.15) is 22.8 Å². The van der Waals surface area contributed by atoms with Gasteiger partial charge in [-0.15, -0.1) is 0 Å². The van der Waals surface area contributed by atoms with Crippen molar-refractivity contribution < 1.29 is 19.0 Å². The monoisotopic (exact) mass is 457 g/mol. The number of para-hydroxylation sites is 1. The average Bonchev–Trinajstić information content (AvgIpc) is 3.38. The van der Waals surface area contributed by atoms with Crippen molar-refractivity contribution in [1.29, 1.82) is 0 Å². The van der Waals surface area contributed by atoms with Crippen molar-refractivity contribution in [1.82, 2.24) is 15.3 Å². The maximum absolute atomic E-state index is 12.7. The highest BCUT2D eigenvalue weighted by atomic mass is 16.5. The number of aromatic amines is 1. The van der Waals surface area contributed by atoms with Gasteiger partial charge in [0.25, 0.3) is 5.91 Å².